The molecule has 11 heavy (non-hydrogen) atoms. The van der Waals surface area contributed by atoms with Crippen molar-refractivity contribution < 1.29 is 4.79 Å². The SMILES string of the molecule is Cc1nn(C)cc1NNC=O. The number of hydrazine groups is 1. The summed E-state index contributed by atoms with van der Waals surface area (Å²) >= 11 is 0. The van der Waals surface area contributed by atoms with Crippen LogP contribution in [-0.4, -0.2) is 16.2 Å². The fourth-order valence-corrected chi connectivity index (χ4v) is 0.830. The first-order chi connectivity index (χ1) is 5.24. The van der Waals surface area contributed by atoms with Crippen LogP contribution in [0, 0.1) is 6.92 Å². The maximum absolute atomic E-state index is 9.90. The molecular weight excluding hydrogens is 144 g/mol. The van der Waals surface area contributed by atoms with Crippen LogP contribution in [0.2, 0.25) is 0 Å². The van der Waals surface area contributed by atoms with E-state index in [2.05, 4.69) is 16.0 Å². The van der Waals surface area contributed by atoms with Crippen LogP contribution in [0.5, 0.6) is 0 Å². The predicted octanol–water partition coefficient (Wildman–Crippen LogP) is -0.199. The summed E-state index contributed by atoms with van der Waals surface area (Å²) in [5.74, 6) is 0. The third-order valence-electron chi connectivity index (χ3n) is 1.28. The molecule has 1 rings (SSSR count). The number of nitrogens with zero attached hydrogens (tertiary/aromatic N) is 2. The Morgan fingerprint density at radius 3 is 2.91 bits per heavy atom. The summed E-state index contributed by atoms with van der Waals surface area (Å²) in [6.07, 6.45) is 2.36. The zero-order valence-corrected chi connectivity index (χ0v) is 6.46. The average molecular weight is 154 g/mol. The molecule has 0 spiro atoms. The highest BCUT2D eigenvalue weighted by Gasteiger charge is 1.99. The van der Waals surface area contributed by atoms with Crippen molar-refractivity contribution in [1.82, 2.24) is 15.2 Å². The van der Waals surface area contributed by atoms with Gasteiger partial charge in [0, 0.05) is 13.2 Å². The Bertz CT molecular complexity index is 255. The number of anilines is 1. The van der Waals surface area contributed by atoms with Crippen LogP contribution >= 0.6 is 0 Å². The molecule has 0 aliphatic heterocycles. The number of amides is 1. The fraction of sp³-hybridized carbons (Fsp3) is 0.333. The number of carbonyl (C=O) groups is 1. The number of hydrogen-bond donors (Lipinski definition) is 2. The third-order valence-corrected chi connectivity index (χ3v) is 1.28. The first-order valence-corrected chi connectivity index (χ1v) is 3.19. The van der Waals surface area contributed by atoms with Crippen molar-refractivity contribution >= 4 is 12.1 Å². The molecule has 0 aliphatic rings. The van der Waals surface area contributed by atoms with Gasteiger partial charge in [0.25, 0.3) is 0 Å². The van der Waals surface area contributed by atoms with Gasteiger partial charge in [-0.3, -0.25) is 20.3 Å². The Morgan fingerprint density at radius 1 is 1.73 bits per heavy atom. The van der Waals surface area contributed by atoms with Gasteiger partial charge in [-0.05, 0) is 6.92 Å². The van der Waals surface area contributed by atoms with Crippen LogP contribution in [0.3, 0.4) is 0 Å². The van der Waals surface area contributed by atoms with Gasteiger partial charge in [0.05, 0.1) is 11.4 Å². The van der Waals surface area contributed by atoms with Gasteiger partial charge in [0.1, 0.15) is 0 Å². The molecule has 0 aliphatic carbocycles. The highest BCUT2D eigenvalue weighted by Crippen LogP contribution is 2.08. The molecule has 0 radical (unpaired) electrons. The molecule has 1 aromatic heterocycles. The largest absolute Gasteiger partial charge is 0.295 e. The molecule has 1 heterocycles. The maximum atomic E-state index is 9.90. The van der Waals surface area contributed by atoms with Gasteiger partial charge in [-0.1, -0.05) is 0 Å². The van der Waals surface area contributed by atoms with Gasteiger partial charge in [0.2, 0.25) is 6.41 Å². The summed E-state index contributed by atoms with van der Waals surface area (Å²) in [4.78, 5) is 9.90. The standard InChI is InChI=1S/C6H10N4O/c1-5-6(8-7-4-11)3-10(2)9-5/h3-4,8H,1-2H3,(H,7,11). The average Bonchev–Trinajstić information content (AvgIpc) is 2.26. The number of carbonyl (C=O) groups excluding carboxylic acids is 1. The number of rotatable bonds is 3. The summed E-state index contributed by atoms with van der Waals surface area (Å²) in [6.45, 7) is 1.86. The molecule has 2 N–H and O–H groups in total. The van der Waals surface area contributed by atoms with E-state index in [0.29, 0.717) is 6.41 Å². The van der Waals surface area contributed by atoms with Crippen molar-refractivity contribution in [1.29, 1.82) is 0 Å². The van der Waals surface area contributed by atoms with E-state index in [9.17, 15) is 4.79 Å². The highest BCUT2D eigenvalue weighted by molar-refractivity contribution is 5.53. The molecule has 1 aromatic rings. The van der Waals surface area contributed by atoms with Gasteiger partial charge >= 0.3 is 0 Å². The van der Waals surface area contributed by atoms with E-state index in [1.54, 1.807) is 10.9 Å². The third kappa shape index (κ3) is 1.70. The molecule has 1 amide bonds. The zero-order valence-electron chi connectivity index (χ0n) is 6.46. The molecule has 0 atom stereocenters. The summed E-state index contributed by atoms with van der Waals surface area (Å²) in [7, 11) is 1.82. The number of nitrogens with one attached hydrogen (secondary N) is 2. The van der Waals surface area contributed by atoms with Crippen molar-refractivity contribution in [3.05, 3.63) is 11.9 Å². The molecule has 5 nitrogen and oxygen atoms in total. The first-order valence-electron chi connectivity index (χ1n) is 3.19. The quantitative estimate of drug-likeness (QED) is 0.468. The van der Waals surface area contributed by atoms with Crippen LogP contribution in [0.25, 0.3) is 0 Å². The minimum Gasteiger partial charge on any atom is -0.295 e. The van der Waals surface area contributed by atoms with E-state index >= 15 is 0 Å². The lowest BCUT2D eigenvalue weighted by molar-refractivity contribution is -0.109. The molecule has 0 bridgehead atoms. The second-order valence-corrected chi connectivity index (χ2v) is 2.19. The molecule has 0 saturated heterocycles. The van der Waals surface area contributed by atoms with E-state index in [0.717, 1.165) is 11.4 Å². The maximum Gasteiger partial charge on any atom is 0.225 e. The van der Waals surface area contributed by atoms with Crippen LogP contribution in [0.15, 0.2) is 6.20 Å². The molecule has 5 heteroatoms. The highest BCUT2D eigenvalue weighted by atomic mass is 16.1. The van der Waals surface area contributed by atoms with Crippen LogP contribution in [0.1, 0.15) is 5.69 Å². The van der Waals surface area contributed by atoms with Crippen molar-refractivity contribution in [2.24, 2.45) is 7.05 Å². The fourth-order valence-electron chi connectivity index (χ4n) is 0.830. The minimum absolute atomic E-state index is 0.576. The Morgan fingerprint density at radius 2 is 2.45 bits per heavy atom. The van der Waals surface area contributed by atoms with Gasteiger partial charge in [-0.25, -0.2) is 0 Å². The molecular formula is C6H10N4O. The number of aromatic nitrogens is 2. The monoisotopic (exact) mass is 154 g/mol. The van der Waals surface area contributed by atoms with Crippen molar-refractivity contribution in [2.75, 3.05) is 5.43 Å². The van der Waals surface area contributed by atoms with Crippen LogP contribution < -0.4 is 10.9 Å². The van der Waals surface area contributed by atoms with Crippen molar-refractivity contribution in [3.8, 4) is 0 Å². The summed E-state index contributed by atoms with van der Waals surface area (Å²) in [6, 6.07) is 0. The molecule has 0 unspecified atom stereocenters. The lowest BCUT2D eigenvalue weighted by Gasteiger charge is -1.98. The zero-order chi connectivity index (χ0) is 8.27. The van der Waals surface area contributed by atoms with E-state index in [-0.39, 0.29) is 0 Å². The van der Waals surface area contributed by atoms with E-state index in [1.165, 1.54) is 0 Å². The van der Waals surface area contributed by atoms with Gasteiger partial charge in [-0.2, -0.15) is 5.10 Å². The summed E-state index contributed by atoms with van der Waals surface area (Å²) in [5.41, 5.74) is 6.67. The Kier molecular flexibility index (Phi) is 2.10. The lowest BCUT2D eigenvalue weighted by Crippen LogP contribution is -2.18. The number of aryl methyl sites for hydroxylation is 2. The van der Waals surface area contributed by atoms with E-state index < -0.39 is 0 Å². The van der Waals surface area contributed by atoms with Crippen molar-refractivity contribution in [2.45, 2.75) is 6.92 Å². The van der Waals surface area contributed by atoms with E-state index in [4.69, 9.17) is 0 Å². The van der Waals surface area contributed by atoms with Gasteiger partial charge < -0.3 is 0 Å². The smallest absolute Gasteiger partial charge is 0.225 e. The van der Waals surface area contributed by atoms with Crippen molar-refractivity contribution in [3.63, 3.8) is 0 Å². The molecule has 0 fully saturated rings. The van der Waals surface area contributed by atoms with Crippen LogP contribution in [0.4, 0.5) is 5.69 Å². The Balaban J connectivity index is 2.69. The van der Waals surface area contributed by atoms with Gasteiger partial charge in [-0.15, -0.1) is 0 Å². The van der Waals surface area contributed by atoms with Gasteiger partial charge in [0.15, 0.2) is 0 Å². The summed E-state index contributed by atoms with van der Waals surface area (Å²) < 4.78 is 1.67. The second kappa shape index (κ2) is 3.05. The topological polar surface area (TPSA) is 59.0 Å². The lowest BCUT2D eigenvalue weighted by atomic mass is 10.4. The minimum atomic E-state index is 0.576. The first kappa shape index (κ1) is 7.59. The normalized spacial score (nSPS) is 9.27. The Hall–Kier alpha value is -1.52. The summed E-state index contributed by atoms with van der Waals surface area (Å²) in [5, 5.41) is 4.06. The molecule has 0 aromatic carbocycles. The Labute approximate surface area is 64.4 Å². The molecule has 60 valence electrons. The number of hydrogen-bond acceptors (Lipinski definition) is 3. The molecule has 0 saturated carbocycles. The predicted molar refractivity (Wildman–Crippen MR) is 40.8 cm³/mol. The second-order valence-electron chi connectivity index (χ2n) is 2.19. The van der Waals surface area contributed by atoms with E-state index in [1.807, 2.05) is 14.0 Å². The van der Waals surface area contributed by atoms with Crippen LogP contribution in [-0.2, 0) is 11.8 Å².